The fourth-order valence-corrected chi connectivity index (χ4v) is 5.32. The Balaban J connectivity index is 0.00000338. The van der Waals surface area contributed by atoms with Crippen LogP contribution >= 0.6 is 46.7 Å². The van der Waals surface area contributed by atoms with E-state index >= 15 is 0 Å². The maximum Gasteiger partial charge on any atom is 0.252 e. The van der Waals surface area contributed by atoms with Crippen molar-refractivity contribution in [1.82, 2.24) is 14.5 Å². The first-order chi connectivity index (χ1) is 11.8. The van der Waals surface area contributed by atoms with Crippen LogP contribution in [0.1, 0.15) is 9.75 Å². The van der Waals surface area contributed by atoms with Gasteiger partial charge in [0.15, 0.2) is 5.96 Å². The van der Waals surface area contributed by atoms with Crippen molar-refractivity contribution in [2.45, 2.75) is 17.2 Å². The molecular weight excluding hydrogens is 503 g/mol. The highest BCUT2D eigenvalue weighted by Gasteiger charge is 2.19. The fourth-order valence-electron chi connectivity index (χ4n) is 2.16. The topological polar surface area (TPSA) is 65.0 Å². The van der Waals surface area contributed by atoms with E-state index in [-0.39, 0.29) is 24.0 Å². The minimum Gasteiger partial charge on any atom is -0.351 e. The van der Waals surface area contributed by atoms with Crippen molar-refractivity contribution in [2.75, 3.05) is 34.7 Å². The first kappa shape index (κ1) is 23.3. The number of rotatable bonds is 7. The van der Waals surface area contributed by atoms with E-state index in [1.54, 1.807) is 24.5 Å². The summed E-state index contributed by atoms with van der Waals surface area (Å²) < 4.78 is 25.8. The molecule has 0 amide bonds. The number of halogens is 1. The second-order valence-electron chi connectivity index (χ2n) is 5.66. The summed E-state index contributed by atoms with van der Waals surface area (Å²) in [6.45, 7) is 1.41. The maximum absolute atomic E-state index is 12.1. The van der Waals surface area contributed by atoms with Crippen molar-refractivity contribution in [3.05, 3.63) is 39.4 Å². The molecule has 2 aromatic heterocycles. The van der Waals surface area contributed by atoms with Gasteiger partial charge in [0.1, 0.15) is 4.21 Å². The van der Waals surface area contributed by atoms with Crippen LogP contribution in [0.15, 0.2) is 38.8 Å². The third kappa shape index (κ3) is 6.19. The number of hydrogen-bond donors (Lipinski definition) is 1. The molecule has 146 valence electrons. The van der Waals surface area contributed by atoms with Gasteiger partial charge in [0.05, 0.1) is 6.54 Å². The van der Waals surface area contributed by atoms with Crippen LogP contribution in [0.2, 0.25) is 0 Å². The lowest BCUT2D eigenvalue weighted by molar-refractivity contribution is 0.487. The van der Waals surface area contributed by atoms with E-state index in [0.29, 0.717) is 10.8 Å². The summed E-state index contributed by atoms with van der Waals surface area (Å²) in [6, 6.07) is 7.68. The van der Waals surface area contributed by atoms with Gasteiger partial charge in [0, 0.05) is 44.5 Å². The molecule has 2 rings (SSSR count). The monoisotopic (exact) mass is 528 g/mol. The molecule has 6 nitrogen and oxygen atoms in total. The van der Waals surface area contributed by atoms with Gasteiger partial charge in [-0.2, -0.15) is 0 Å². The van der Waals surface area contributed by atoms with E-state index in [9.17, 15) is 8.42 Å². The highest BCUT2D eigenvalue weighted by atomic mass is 127. The lowest BCUT2D eigenvalue weighted by atomic mass is 10.3. The molecule has 2 aromatic rings. The predicted octanol–water partition coefficient (Wildman–Crippen LogP) is 2.93. The molecule has 0 aliphatic rings. The Kier molecular flexibility index (Phi) is 9.51. The molecule has 0 aliphatic carbocycles. The van der Waals surface area contributed by atoms with Gasteiger partial charge in [-0.05, 0) is 30.0 Å². The highest BCUT2D eigenvalue weighted by molar-refractivity contribution is 14.0. The molecule has 0 bridgehead atoms. The standard InChI is InChI=1S/C16H24N4O2S3.HI/c1-17-16(20(4)10-9-13-6-5-11-23-13)18-12-14-7-8-15(24-14)25(21,22)19(2)3;/h5-8,11H,9-10,12H2,1-4H3,(H,17,18);1H. The minimum atomic E-state index is -3.37. The lowest BCUT2D eigenvalue weighted by Gasteiger charge is -2.21. The van der Waals surface area contributed by atoms with Crippen molar-refractivity contribution in [3.8, 4) is 0 Å². The quantitative estimate of drug-likeness (QED) is 0.341. The molecule has 1 N–H and O–H groups in total. The van der Waals surface area contributed by atoms with Gasteiger partial charge < -0.3 is 10.2 Å². The molecule has 0 unspecified atom stereocenters. The molecule has 0 aliphatic heterocycles. The molecule has 0 saturated carbocycles. The average Bonchev–Trinajstić information content (AvgIpc) is 3.25. The highest BCUT2D eigenvalue weighted by Crippen LogP contribution is 2.23. The van der Waals surface area contributed by atoms with Gasteiger partial charge in [-0.3, -0.25) is 4.99 Å². The van der Waals surface area contributed by atoms with Crippen molar-refractivity contribution >= 4 is 62.6 Å². The largest absolute Gasteiger partial charge is 0.351 e. The Morgan fingerprint density at radius 2 is 1.92 bits per heavy atom. The maximum atomic E-state index is 12.1. The zero-order valence-corrected chi connectivity index (χ0v) is 20.1. The Bertz CT molecular complexity index is 801. The van der Waals surface area contributed by atoms with Crippen LogP contribution in [0.4, 0.5) is 0 Å². The molecule has 0 spiro atoms. The van der Waals surface area contributed by atoms with Crippen molar-refractivity contribution in [2.24, 2.45) is 4.99 Å². The first-order valence-corrected chi connectivity index (χ1v) is 10.9. The molecule has 10 heteroatoms. The third-order valence-electron chi connectivity index (χ3n) is 3.64. The summed E-state index contributed by atoms with van der Waals surface area (Å²) >= 11 is 3.04. The third-order valence-corrected chi connectivity index (χ3v) is 7.94. The number of guanidine groups is 1. The number of aliphatic imine (C=N–C) groups is 1. The number of thiophene rings is 2. The molecule has 26 heavy (non-hydrogen) atoms. The van der Waals surface area contributed by atoms with Gasteiger partial charge in [-0.25, -0.2) is 12.7 Å². The van der Waals surface area contributed by atoms with Gasteiger partial charge in [-0.15, -0.1) is 46.7 Å². The lowest BCUT2D eigenvalue weighted by Crippen LogP contribution is -2.39. The summed E-state index contributed by atoms with van der Waals surface area (Å²) in [6.07, 6.45) is 0.971. The zero-order valence-electron chi connectivity index (χ0n) is 15.3. The van der Waals surface area contributed by atoms with Gasteiger partial charge in [0.25, 0.3) is 10.0 Å². The van der Waals surface area contributed by atoms with E-state index in [4.69, 9.17) is 0 Å². The van der Waals surface area contributed by atoms with E-state index in [1.165, 1.54) is 34.6 Å². The summed E-state index contributed by atoms with van der Waals surface area (Å²) in [5.74, 6) is 0.793. The number of nitrogens with one attached hydrogen (secondary N) is 1. The number of likely N-dealkylation sites (N-methyl/N-ethyl adjacent to an activating group) is 1. The summed E-state index contributed by atoms with van der Waals surface area (Å²) in [5.41, 5.74) is 0. The van der Waals surface area contributed by atoms with Crippen LogP contribution in [0.3, 0.4) is 0 Å². The first-order valence-electron chi connectivity index (χ1n) is 7.80. The van der Waals surface area contributed by atoms with Crippen LogP contribution in [-0.4, -0.2) is 58.3 Å². The van der Waals surface area contributed by atoms with Crippen LogP contribution in [0, 0.1) is 0 Å². The molecule has 0 radical (unpaired) electrons. The molecule has 2 heterocycles. The summed E-state index contributed by atoms with van der Waals surface area (Å²) in [4.78, 5) is 8.67. The Morgan fingerprint density at radius 3 is 2.50 bits per heavy atom. The number of sulfonamides is 1. The molecule has 0 fully saturated rings. The minimum absolute atomic E-state index is 0. The molecule has 0 aromatic carbocycles. The summed E-state index contributed by atoms with van der Waals surface area (Å²) in [7, 11) is 3.46. The van der Waals surface area contributed by atoms with E-state index < -0.39 is 10.0 Å². The Labute approximate surface area is 181 Å². The van der Waals surface area contributed by atoms with Crippen molar-refractivity contribution in [3.63, 3.8) is 0 Å². The smallest absolute Gasteiger partial charge is 0.252 e. The molecular formula is C16H25IN4O2S3. The normalized spacial score (nSPS) is 12.1. The fraction of sp³-hybridized carbons (Fsp3) is 0.438. The van der Waals surface area contributed by atoms with Crippen LogP contribution < -0.4 is 5.32 Å². The number of nitrogens with zero attached hydrogens (tertiary/aromatic N) is 3. The Morgan fingerprint density at radius 1 is 1.19 bits per heavy atom. The number of hydrogen-bond acceptors (Lipinski definition) is 5. The zero-order chi connectivity index (χ0) is 18.4. The second-order valence-corrected chi connectivity index (χ2v) is 10.2. The van der Waals surface area contributed by atoms with Crippen LogP contribution in [-0.2, 0) is 23.0 Å². The molecule has 0 atom stereocenters. The van der Waals surface area contributed by atoms with Gasteiger partial charge in [0.2, 0.25) is 0 Å². The SMILES string of the molecule is CN=C(NCc1ccc(S(=O)(=O)N(C)C)s1)N(C)CCc1cccs1.I. The van der Waals surface area contributed by atoms with E-state index in [0.717, 1.165) is 23.8 Å². The van der Waals surface area contributed by atoms with Gasteiger partial charge in [-0.1, -0.05) is 6.07 Å². The Hall–Kier alpha value is -0.690. The van der Waals surface area contributed by atoms with E-state index in [2.05, 4.69) is 32.7 Å². The predicted molar refractivity (Wildman–Crippen MR) is 121 cm³/mol. The van der Waals surface area contributed by atoms with Crippen LogP contribution in [0.5, 0.6) is 0 Å². The molecule has 0 saturated heterocycles. The van der Waals surface area contributed by atoms with Gasteiger partial charge >= 0.3 is 0 Å². The van der Waals surface area contributed by atoms with Crippen LogP contribution in [0.25, 0.3) is 0 Å². The second kappa shape index (κ2) is 10.6. The summed E-state index contributed by atoms with van der Waals surface area (Å²) in [5, 5.41) is 5.37. The van der Waals surface area contributed by atoms with Crippen molar-refractivity contribution in [1.29, 1.82) is 0 Å². The van der Waals surface area contributed by atoms with Crippen molar-refractivity contribution < 1.29 is 8.42 Å². The average molecular weight is 529 g/mol. The van der Waals surface area contributed by atoms with E-state index in [1.807, 2.05) is 13.1 Å².